The van der Waals surface area contributed by atoms with E-state index >= 15 is 0 Å². The summed E-state index contributed by atoms with van der Waals surface area (Å²) in [6.07, 6.45) is 0.520. The molecule has 0 radical (unpaired) electrons. The Balaban J connectivity index is 2.19. The lowest BCUT2D eigenvalue weighted by Crippen LogP contribution is -2.36. The molecule has 1 aromatic heterocycles. The first-order valence-electron chi connectivity index (χ1n) is 7.32. The predicted octanol–water partition coefficient (Wildman–Crippen LogP) is 2.38. The van der Waals surface area contributed by atoms with Gasteiger partial charge in [0.1, 0.15) is 0 Å². The molecule has 6 nitrogen and oxygen atoms in total. The SMILES string of the molecule is Cc1cc(C)n(-c2ccccc2NC(=O)N[C@H](C)CCO)n1. The number of carbonyl (C=O) groups is 1. The highest BCUT2D eigenvalue weighted by atomic mass is 16.3. The van der Waals surface area contributed by atoms with Crippen molar-refractivity contribution in [2.45, 2.75) is 33.2 Å². The lowest BCUT2D eigenvalue weighted by atomic mass is 10.2. The van der Waals surface area contributed by atoms with Gasteiger partial charge in [0.15, 0.2) is 0 Å². The smallest absolute Gasteiger partial charge is 0.319 e. The van der Waals surface area contributed by atoms with Gasteiger partial charge < -0.3 is 15.7 Å². The summed E-state index contributed by atoms with van der Waals surface area (Å²) < 4.78 is 1.81. The van der Waals surface area contributed by atoms with Crippen molar-refractivity contribution in [1.29, 1.82) is 0 Å². The van der Waals surface area contributed by atoms with Crippen molar-refractivity contribution in [3.05, 3.63) is 41.7 Å². The summed E-state index contributed by atoms with van der Waals surface area (Å²) in [6.45, 7) is 5.80. The van der Waals surface area contributed by atoms with Crippen LogP contribution >= 0.6 is 0 Å². The van der Waals surface area contributed by atoms with Crippen molar-refractivity contribution < 1.29 is 9.90 Å². The number of benzene rings is 1. The molecule has 0 aliphatic heterocycles. The molecule has 0 bridgehead atoms. The van der Waals surface area contributed by atoms with Crippen molar-refractivity contribution in [3.63, 3.8) is 0 Å². The van der Waals surface area contributed by atoms with Crippen molar-refractivity contribution >= 4 is 11.7 Å². The van der Waals surface area contributed by atoms with E-state index in [0.717, 1.165) is 17.1 Å². The van der Waals surface area contributed by atoms with Gasteiger partial charge in [0.25, 0.3) is 0 Å². The molecule has 0 unspecified atom stereocenters. The summed E-state index contributed by atoms with van der Waals surface area (Å²) >= 11 is 0. The Morgan fingerprint density at radius 3 is 2.73 bits per heavy atom. The molecule has 1 heterocycles. The standard InChI is InChI=1S/C16H22N4O2/c1-11(8-9-21)17-16(22)18-14-6-4-5-7-15(14)20-13(3)10-12(2)19-20/h4-7,10-11,21H,8-9H2,1-3H3,(H2,17,18,22)/t11-/m1/s1. The fourth-order valence-electron chi connectivity index (χ4n) is 2.28. The van der Waals surface area contributed by atoms with Crippen LogP contribution in [0.3, 0.4) is 0 Å². The lowest BCUT2D eigenvalue weighted by Gasteiger charge is -2.16. The summed E-state index contributed by atoms with van der Waals surface area (Å²) in [5, 5.41) is 19.0. The Morgan fingerprint density at radius 2 is 2.09 bits per heavy atom. The maximum Gasteiger partial charge on any atom is 0.319 e. The summed E-state index contributed by atoms with van der Waals surface area (Å²) in [7, 11) is 0. The van der Waals surface area contributed by atoms with E-state index in [9.17, 15) is 4.79 Å². The predicted molar refractivity (Wildman–Crippen MR) is 86.4 cm³/mol. The van der Waals surface area contributed by atoms with E-state index in [-0.39, 0.29) is 18.7 Å². The second-order valence-corrected chi connectivity index (χ2v) is 5.37. The fourth-order valence-corrected chi connectivity index (χ4v) is 2.28. The van der Waals surface area contributed by atoms with Crippen LogP contribution in [-0.4, -0.2) is 33.6 Å². The third-order valence-corrected chi connectivity index (χ3v) is 3.33. The van der Waals surface area contributed by atoms with Crippen LogP contribution in [0.5, 0.6) is 0 Å². The minimum Gasteiger partial charge on any atom is -0.396 e. The number of aromatic nitrogens is 2. The van der Waals surface area contributed by atoms with E-state index < -0.39 is 0 Å². The molecule has 0 spiro atoms. The number of para-hydroxylation sites is 2. The first kappa shape index (κ1) is 16.0. The number of hydrogen-bond acceptors (Lipinski definition) is 3. The molecule has 0 saturated carbocycles. The van der Waals surface area contributed by atoms with Gasteiger partial charge in [0.2, 0.25) is 0 Å². The number of nitrogens with zero attached hydrogens (tertiary/aromatic N) is 2. The highest BCUT2D eigenvalue weighted by Crippen LogP contribution is 2.21. The maximum absolute atomic E-state index is 12.0. The summed E-state index contributed by atoms with van der Waals surface area (Å²) in [6, 6.07) is 9.11. The third kappa shape index (κ3) is 3.85. The highest BCUT2D eigenvalue weighted by molar-refractivity contribution is 5.91. The molecule has 3 N–H and O–H groups in total. The van der Waals surface area contributed by atoms with Gasteiger partial charge in [-0.15, -0.1) is 0 Å². The molecular formula is C16H22N4O2. The molecular weight excluding hydrogens is 280 g/mol. The number of nitrogens with one attached hydrogen (secondary N) is 2. The monoisotopic (exact) mass is 302 g/mol. The van der Waals surface area contributed by atoms with Gasteiger partial charge in [0, 0.05) is 18.3 Å². The minimum absolute atomic E-state index is 0.0454. The van der Waals surface area contributed by atoms with Crippen LogP contribution in [0.4, 0.5) is 10.5 Å². The van der Waals surface area contributed by atoms with Crippen molar-refractivity contribution in [2.75, 3.05) is 11.9 Å². The molecule has 0 aliphatic carbocycles. The largest absolute Gasteiger partial charge is 0.396 e. The Hall–Kier alpha value is -2.34. The average Bonchev–Trinajstić information content (AvgIpc) is 2.78. The zero-order valence-electron chi connectivity index (χ0n) is 13.1. The second kappa shape index (κ2) is 7.09. The van der Waals surface area contributed by atoms with Gasteiger partial charge in [-0.3, -0.25) is 0 Å². The van der Waals surface area contributed by atoms with Crippen LogP contribution in [0.2, 0.25) is 0 Å². The third-order valence-electron chi connectivity index (χ3n) is 3.33. The molecule has 0 fully saturated rings. The van der Waals surface area contributed by atoms with Crippen LogP contribution in [0.25, 0.3) is 5.69 Å². The number of aryl methyl sites for hydroxylation is 2. The number of carbonyl (C=O) groups excluding carboxylic acids is 1. The van der Waals surface area contributed by atoms with Gasteiger partial charge in [0.05, 0.1) is 17.1 Å². The highest BCUT2D eigenvalue weighted by Gasteiger charge is 2.12. The van der Waals surface area contributed by atoms with E-state index in [4.69, 9.17) is 5.11 Å². The first-order valence-corrected chi connectivity index (χ1v) is 7.32. The van der Waals surface area contributed by atoms with Crippen molar-refractivity contribution in [2.24, 2.45) is 0 Å². The van der Waals surface area contributed by atoms with E-state index in [0.29, 0.717) is 12.1 Å². The Bertz CT molecular complexity index is 651. The number of rotatable bonds is 5. The summed E-state index contributed by atoms with van der Waals surface area (Å²) in [5.41, 5.74) is 3.43. The summed E-state index contributed by atoms with van der Waals surface area (Å²) in [5.74, 6) is 0. The number of aliphatic hydroxyl groups excluding tert-OH is 1. The van der Waals surface area contributed by atoms with Gasteiger partial charge in [-0.05, 0) is 45.4 Å². The van der Waals surface area contributed by atoms with Gasteiger partial charge in [-0.1, -0.05) is 12.1 Å². The minimum atomic E-state index is -0.296. The van der Waals surface area contributed by atoms with Crippen LogP contribution in [0, 0.1) is 13.8 Å². The Morgan fingerprint density at radius 1 is 1.36 bits per heavy atom. The number of aliphatic hydroxyl groups is 1. The molecule has 6 heteroatoms. The molecule has 2 aromatic rings. The van der Waals surface area contributed by atoms with Crippen molar-refractivity contribution in [3.8, 4) is 5.69 Å². The second-order valence-electron chi connectivity index (χ2n) is 5.37. The van der Waals surface area contributed by atoms with Gasteiger partial charge in [-0.2, -0.15) is 5.10 Å². The molecule has 0 aliphatic rings. The number of anilines is 1. The van der Waals surface area contributed by atoms with Crippen LogP contribution in [0.1, 0.15) is 24.7 Å². The van der Waals surface area contributed by atoms with Gasteiger partial charge >= 0.3 is 6.03 Å². The zero-order valence-corrected chi connectivity index (χ0v) is 13.1. The van der Waals surface area contributed by atoms with Gasteiger partial charge in [-0.25, -0.2) is 9.48 Å². The van der Waals surface area contributed by atoms with E-state index in [2.05, 4.69) is 15.7 Å². The lowest BCUT2D eigenvalue weighted by molar-refractivity contribution is 0.241. The zero-order chi connectivity index (χ0) is 16.1. The molecule has 1 aromatic carbocycles. The molecule has 2 amide bonds. The average molecular weight is 302 g/mol. The quantitative estimate of drug-likeness (QED) is 0.793. The molecule has 22 heavy (non-hydrogen) atoms. The van der Waals surface area contributed by atoms with E-state index in [1.54, 1.807) is 0 Å². The molecule has 118 valence electrons. The normalized spacial score (nSPS) is 12.0. The van der Waals surface area contributed by atoms with Crippen LogP contribution in [-0.2, 0) is 0 Å². The van der Waals surface area contributed by atoms with Crippen molar-refractivity contribution in [1.82, 2.24) is 15.1 Å². The number of hydrogen-bond donors (Lipinski definition) is 3. The number of amides is 2. The first-order chi connectivity index (χ1) is 10.5. The summed E-state index contributed by atoms with van der Waals surface area (Å²) in [4.78, 5) is 12.0. The van der Waals surface area contributed by atoms with E-state index in [1.807, 2.05) is 55.8 Å². The Labute approximate surface area is 130 Å². The molecule has 1 atom stereocenters. The maximum atomic E-state index is 12.0. The van der Waals surface area contributed by atoms with Crippen LogP contribution < -0.4 is 10.6 Å². The number of urea groups is 1. The fraction of sp³-hybridized carbons (Fsp3) is 0.375. The topological polar surface area (TPSA) is 79.2 Å². The Kier molecular flexibility index (Phi) is 5.16. The van der Waals surface area contributed by atoms with E-state index in [1.165, 1.54) is 0 Å². The van der Waals surface area contributed by atoms with Crippen LogP contribution in [0.15, 0.2) is 30.3 Å². The molecule has 0 saturated heterocycles. The molecule has 2 rings (SSSR count).